The molecule has 0 saturated carbocycles. The molecule has 0 saturated heterocycles. The van der Waals surface area contributed by atoms with Crippen molar-refractivity contribution in [2.45, 2.75) is 11.9 Å². The third-order valence-electron chi connectivity index (χ3n) is 2.99. The number of pyridine rings is 1. The number of fused-ring (bicyclic) bond motifs is 1. The van der Waals surface area contributed by atoms with Crippen LogP contribution in [0.3, 0.4) is 0 Å². The molecule has 0 N–H and O–H groups in total. The van der Waals surface area contributed by atoms with Crippen molar-refractivity contribution in [3.63, 3.8) is 0 Å². The van der Waals surface area contributed by atoms with E-state index in [1.807, 2.05) is 0 Å². The summed E-state index contributed by atoms with van der Waals surface area (Å²) in [4.78, 5) is 11.3. The van der Waals surface area contributed by atoms with Gasteiger partial charge in [-0.05, 0) is 17.7 Å². The molecule has 0 spiro atoms. The lowest BCUT2D eigenvalue weighted by Gasteiger charge is -2.21. The second-order valence-corrected chi connectivity index (χ2v) is 7.03. The summed E-state index contributed by atoms with van der Waals surface area (Å²) < 4.78 is 63.9. The smallest absolute Gasteiger partial charge is 0.350 e. The molecule has 0 amide bonds. The molecule has 8 heteroatoms. The molecule has 0 unspecified atom stereocenters. The van der Waals surface area contributed by atoms with Gasteiger partial charge in [0.15, 0.2) is 15.3 Å². The maximum absolute atomic E-state index is 13.3. The van der Waals surface area contributed by atoms with E-state index in [2.05, 4.69) is 0 Å². The lowest BCUT2D eigenvalue weighted by Crippen LogP contribution is -2.18. The molecule has 2 rings (SSSR count). The lowest BCUT2D eigenvalue weighted by atomic mass is 9.98. The molecule has 0 bridgehead atoms. The minimum atomic E-state index is -4.71. The minimum absolute atomic E-state index is 0.104. The van der Waals surface area contributed by atoms with Crippen molar-refractivity contribution >= 4 is 9.84 Å². The van der Waals surface area contributed by atoms with Crippen LogP contribution in [0.4, 0.5) is 13.2 Å². The topological polar surface area (TPSA) is 56.1 Å². The first kappa shape index (κ1) is 15.6. The maximum Gasteiger partial charge on any atom is 0.417 e. The third kappa shape index (κ3) is 3.26. The number of hydrogen-bond donors (Lipinski definition) is 0. The zero-order chi connectivity index (χ0) is 16.0. The zero-order valence-corrected chi connectivity index (χ0v) is 12.0. The fourth-order valence-corrected chi connectivity index (χ4v) is 3.07. The van der Waals surface area contributed by atoms with E-state index < -0.39 is 32.8 Å². The summed E-state index contributed by atoms with van der Waals surface area (Å²) in [6.07, 6.45) is -2.74. The van der Waals surface area contributed by atoms with E-state index in [1.165, 1.54) is 11.6 Å². The summed E-state index contributed by atoms with van der Waals surface area (Å²) in [5.41, 5.74) is -1.85. The van der Waals surface area contributed by atoms with Gasteiger partial charge >= 0.3 is 6.18 Å². The Morgan fingerprint density at radius 1 is 1.24 bits per heavy atom. The van der Waals surface area contributed by atoms with Crippen LogP contribution >= 0.6 is 0 Å². The predicted molar refractivity (Wildman–Crippen MR) is 71.9 cm³/mol. The molecular formula is C13H12F3NO3S. The lowest BCUT2D eigenvalue weighted by molar-refractivity contribution is -0.137. The van der Waals surface area contributed by atoms with Crippen molar-refractivity contribution in [3.05, 3.63) is 45.7 Å². The van der Waals surface area contributed by atoms with Crippen LogP contribution in [0.25, 0.3) is 11.3 Å². The van der Waals surface area contributed by atoms with E-state index in [0.29, 0.717) is 0 Å². The van der Waals surface area contributed by atoms with Crippen LogP contribution in [-0.4, -0.2) is 19.2 Å². The average molecular weight is 319 g/mol. The van der Waals surface area contributed by atoms with Gasteiger partial charge in [0.1, 0.15) is 0 Å². The number of nitrogens with zero attached hydrogens (tertiary/aromatic N) is 1. The third-order valence-corrected chi connectivity index (χ3v) is 3.83. The van der Waals surface area contributed by atoms with E-state index in [-0.39, 0.29) is 16.8 Å². The van der Waals surface area contributed by atoms with Gasteiger partial charge in [0.05, 0.1) is 17.0 Å². The largest absolute Gasteiger partial charge is 0.417 e. The van der Waals surface area contributed by atoms with Gasteiger partial charge in [0.2, 0.25) is 0 Å². The summed E-state index contributed by atoms with van der Waals surface area (Å²) >= 11 is 0. The first-order valence-corrected chi connectivity index (χ1v) is 7.92. The molecule has 2 aliphatic rings. The molecule has 1 heterocycles. The maximum atomic E-state index is 13.3. The van der Waals surface area contributed by atoms with Crippen LogP contribution in [0.5, 0.6) is 0 Å². The number of rotatable bonds is 2. The van der Waals surface area contributed by atoms with Gasteiger partial charge in [0.25, 0.3) is 0 Å². The summed E-state index contributed by atoms with van der Waals surface area (Å²) in [6, 6.07) is 3.20. The Hall–Kier alpha value is -1.83. The number of aromatic nitrogens is 1. The van der Waals surface area contributed by atoms with Crippen molar-refractivity contribution in [3.8, 4) is 11.3 Å². The van der Waals surface area contributed by atoms with Crippen molar-refractivity contribution in [1.82, 2.24) is 4.57 Å². The number of alkyl halides is 3. The highest BCUT2D eigenvalue weighted by molar-refractivity contribution is 7.89. The number of aryl methyl sites for hydroxylation is 1. The Balaban J connectivity index is 2.89. The average Bonchev–Trinajstić information content (AvgIpc) is 2.26. The van der Waals surface area contributed by atoms with Gasteiger partial charge in [-0.15, -0.1) is 0 Å². The zero-order valence-electron chi connectivity index (χ0n) is 11.2. The number of benzene rings is 1. The molecule has 4 nitrogen and oxygen atoms in total. The first-order chi connectivity index (χ1) is 9.49. The molecule has 0 aromatic heterocycles. The highest BCUT2D eigenvalue weighted by Crippen LogP contribution is 2.40. The standard InChI is InChI=1S/C13H12F3NO3S/c1-17-6-8(7-21(2,19)20)12(13(14,15)16)10-4-3-9(18)5-11(10)17/h3-6H,7H2,1-2H3. The second kappa shape index (κ2) is 4.87. The summed E-state index contributed by atoms with van der Waals surface area (Å²) in [5, 5.41) is 0. The van der Waals surface area contributed by atoms with E-state index in [9.17, 15) is 26.4 Å². The van der Waals surface area contributed by atoms with Crippen molar-refractivity contribution in [1.29, 1.82) is 0 Å². The first-order valence-electron chi connectivity index (χ1n) is 5.86. The van der Waals surface area contributed by atoms with Gasteiger partial charge in [-0.2, -0.15) is 13.2 Å². The van der Waals surface area contributed by atoms with Gasteiger partial charge < -0.3 is 4.57 Å². The Morgan fingerprint density at radius 3 is 2.38 bits per heavy atom. The van der Waals surface area contributed by atoms with Crippen LogP contribution in [0.2, 0.25) is 0 Å². The van der Waals surface area contributed by atoms with Crippen LogP contribution < -0.4 is 5.43 Å². The second-order valence-electron chi connectivity index (χ2n) is 4.89. The highest BCUT2D eigenvalue weighted by Gasteiger charge is 2.38. The summed E-state index contributed by atoms with van der Waals surface area (Å²) in [7, 11) is -2.16. The van der Waals surface area contributed by atoms with Crippen LogP contribution in [0.1, 0.15) is 11.1 Å². The Kier molecular flexibility index (Phi) is 3.61. The molecule has 0 aromatic rings. The van der Waals surface area contributed by atoms with E-state index >= 15 is 0 Å². The Bertz CT molecular complexity index is 822. The van der Waals surface area contributed by atoms with Gasteiger partial charge in [0, 0.05) is 31.1 Å². The molecule has 114 valence electrons. The van der Waals surface area contributed by atoms with E-state index in [0.717, 1.165) is 30.7 Å². The SMILES string of the molecule is Cn1cc(CS(C)(=O)=O)c(C(F)(F)F)c2ccc(=O)cc1-2. The molecule has 1 aliphatic carbocycles. The number of sulfone groups is 1. The summed E-state index contributed by atoms with van der Waals surface area (Å²) in [5.74, 6) is -0.718. The monoisotopic (exact) mass is 319 g/mol. The van der Waals surface area contributed by atoms with Crippen molar-refractivity contribution in [2.75, 3.05) is 6.26 Å². The van der Waals surface area contributed by atoms with E-state index in [1.54, 1.807) is 0 Å². The van der Waals surface area contributed by atoms with Crippen molar-refractivity contribution in [2.24, 2.45) is 7.05 Å². The van der Waals surface area contributed by atoms with Crippen LogP contribution in [0.15, 0.2) is 29.2 Å². The van der Waals surface area contributed by atoms with Gasteiger partial charge in [-0.3, -0.25) is 4.79 Å². The van der Waals surface area contributed by atoms with Crippen LogP contribution in [0, 0.1) is 0 Å². The molecule has 0 atom stereocenters. The predicted octanol–water partition coefficient (Wildman–Crippen LogP) is 2.05. The molecule has 1 aliphatic heterocycles. The van der Waals surface area contributed by atoms with Crippen LogP contribution in [-0.2, 0) is 28.8 Å². The number of hydrogen-bond acceptors (Lipinski definition) is 3. The van der Waals surface area contributed by atoms with Gasteiger partial charge in [-0.25, -0.2) is 8.42 Å². The normalized spacial score (nSPS) is 12.8. The minimum Gasteiger partial charge on any atom is -0.350 e. The molecule has 21 heavy (non-hydrogen) atoms. The molecular weight excluding hydrogens is 307 g/mol. The quantitative estimate of drug-likeness (QED) is 0.851. The summed E-state index contributed by atoms with van der Waals surface area (Å²) in [6.45, 7) is 0. The fourth-order valence-electron chi connectivity index (χ4n) is 2.28. The van der Waals surface area contributed by atoms with Crippen molar-refractivity contribution < 1.29 is 21.6 Å². The fraction of sp³-hybridized carbons (Fsp3) is 0.308. The highest BCUT2D eigenvalue weighted by atomic mass is 32.2. The number of halogens is 3. The Labute approximate surface area is 119 Å². The molecule has 0 radical (unpaired) electrons. The molecule has 0 fully saturated rings. The Morgan fingerprint density at radius 2 is 1.86 bits per heavy atom. The van der Waals surface area contributed by atoms with E-state index in [4.69, 9.17) is 0 Å². The van der Waals surface area contributed by atoms with Gasteiger partial charge in [-0.1, -0.05) is 0 Å². The molecule has 0 aromatic carbocycles.